The van der Waals surface area contributed by atoms with E-state index in [1.807, 2.05) is 73.3 Å². The van der Waals surface area contributed by atoms with E-state index in [9.17, 15) is 4.79 Å². The van der Waals surface area contributed by atoms with Gasteiger partial charge < -0.3 is 9.88 Å². The van der Waals surface area contributed by atoms with E-state index >= 15 is 0 Å². The molecule has 1 aromatic heterocycles. The van der Waals surface area contributed by atoms with E-state index in [2.05, 4.69) is 23.5 Å². The van der Waals surface area contributed by atoms with Gasteiger partial charge in [0, 0.05) is 24.5 Å². The van der Waals surface area contributed by atoms with Crippen molar-refractivity contribution in [1.82, 2.24) is 4.57 Å². The number of aryl methyl sites for hydroxylation is 2. The van der Waals surface area contributed by atoms with E-state index in [1.165, 1.54) is 0 Å². The third-order valence-electron chi connectivity index (χ3n) is 4.21. The van der Waals surface area contributed by atoms with Gasteiger partial charge in [0.25, 0.3) is 0 Å². The van der Waals surface area contributed by atoms with Crippen LogP contribution in [0.1, 0.15) is 22.7 Å². The summed E-state index contributed by atoms with van der Waals surface area (Å²) >= 11 is 0. The van der Waals surface area contributed by atoms with Crippen molar-refractivity contribution in [3.63, 3.8) is 0 Å². The van der Waals surface area contributed by atoms with Crippen LogP contribution in [-0.2, 0) is 11.2 Å². The van der Waals surface area contributed by atoms with Crippen LogP contribution in [0.3, 0.4) is 0 Å². The fourth-order valence-corrected chi connectivity index (χ4v) is 2.81. The second kappa shape index (κ2) is 7.18. The normalized spacial score (nSPS) is 11.9. The molecule has 2 aromatic carbocycles. The summed E-state index contributed by atoms with van der Waals surface area (Å²) in [6.45, 7) is 4.04. The maximum atomic E-state index is 12.9. The van der Waals surface area contributed by atoms with E-state index in [4.69, 9.17) is 0 Å². The molecule has 3 rings (SSSR count). The molecule has 0 unspecified atom stereocenters. The zero-order chi connectivity index (χ0) is 16.9. The Bertz CT molecular complexity index is 807. The molecule has 0 spiro atoms. The minimum Gasteiger partial charge on any atom is -0.342 e. The standard InChI is InChI=1S/C21H22N2O/c1-16-10-11-17(2)19(14-16)22-21(24)20(23-12-6-7-13-23)15-18-8-4-3-5-9-18/h3-14,20H,15H2,1-2H3,(H,22,24)/t20-/m1/s1. The highest BCUT2D eigenvalue weighted by Gasteiger charge is 2.20. The highest BCUT2D eigenvalue weighted by molar-refractivity contribution is 5.94. The zero-order valence-electron chi connectivity index (χ0n) is 14.1. The van der Waals surface area contributed by atoms with Crippen molar-refractivity contribution in [2.75, 3.05) is 5.32 Å². The smallest absolute Gasteiger partial charge is 0.247 e. The van der Waals surface area contributed by atoms with Gasteiger partial charge in [0.15, 0.2) is 0 Å². The van der Waals surface area contributed by atoms with Crippen LogP contribution in [0.2, 0.25) is 0 Å². The van der Waals surface area contributed by atoms with Crippen molar-refractivity contribution in [1.29, 1.82) is 0 Å². The second-order valence-electron chi connectivity index (χ2n) is 6.14. The number of rotatable bonds is 5. The molecular weight excluding hydrogens is 296 g/mol. The number of aromatic nitrogens is 1. The number of carbonyl (C=O) groups is 1. The molecule has 24 heavy (non-hydrogen) atoms. The number of nitrogens with one attached hydrogen (secondary N) is 1. The lowest BCUT2D eigenvalue weighted by atomic mass is 10.0. The fourth-order valence-electron chi connectivity index (χ4n) is 2.81. The molecule has 3 heteroatoms. The minimum absolute atomic E-state index is 0.00348. The van der Waals surface area contributed by atoms with E-state index in [0.29, 0.717) is 6.42 Å². The Balaban J connectivity index is 1.85. The molecule has 3 nitrogen and oxygen atoms in total. The Labute approximate surface area is 143 Å². The SMILES string of the molecule is Cc1ccc(C)c(NC(=O)[C@@H](Cc2ccccc2)n2cccc2)c1. The molecule has 0 aliphatic heterocycles. The predicted octanol–water partition coefficient (Wildman–Crippen LogP) is 4.53. The van der Waals surface area contributed by atoms with Crippen LogP contribution in [0, 0.1) is 13.8 Å². The lowest BCUT2D eigenvalue weighted by molar-refractivity contribution is -0.119. The number of nitrogens with zero attached hydrogens (tertiary/aromatic N) is 1. The number of anilines is 1. The van der Waals surface area contributed by atoms with Crippen molar-refractivity contribution < 1.29 is 4.79 Å². The molecule has 1 heterocycles. The van der Waals surface area contributed by atoms with Crippen molar-refractivity contribution >= 4 is 11.6 Å². The third-order valence-corrected chi connectivity index (χ3v) is 4.21. The maximum absolute atomic E-state index is 12.9. The highest BCUT2D eigenvalue weighted by atomic mass is 16.2. The molecule has 0 aliphatic carbocycles. The average Bonchev–Trinajstić information content (AvgIpc) is 3.11. The second-order valence-corrected chi connectivity index (χ2v) is 6.14. The Morgan fingerprint density at radius 3 is 2.42 bits per heavy atom. The number of amides is 1. The monoisotopic (exact) mass is 318 g/mol. The fraction of sp³-hybridized carbons (Fsp3) is 0.190. The molecular formula is C21H22N2O. The molecule has 122 valence electrons. The van der Waals surface area contributed by atoms with E-state index < -0.39 is 0 Å². The molecule has 1 atom stereocenters. The number of hydrogen-bond acceptors (Lipinski definition) is 1. The first-order chi connectivity index (χ1) is 11.6. The predicted molar refractivity (Wildman–Crippen MR) is 98.2 cm³/mol. The van der Waals surface area contributed by atoms with Crippen molar-refractivity contribution in [3.05, 3.63) is 89.7 Å². The summed E-state index contributed by atoms with van der Waals surface area (Å²) in [7, 11) is 0. The van der Waals surface area contributed by atoms with Crippen LogP contribution in [0.5, 0.6) is 0 Å². The molecule has 0 aliphatic rings. The molecule has 1 N–H and O–H groups in total. The van der Waals surface area contributed by atoms with Gasteiger partial charge in [0.2, 0.25) is 5.91 Å². The largest absolute Gasteiger partial charge is 0.342 e. The van der Waals surface area contributed by atoms with Gasteiger partial charge in [-0.05, 0) is 48.7 Å². The maximum Gasteiger partial charge on any atom is 0.247 e. The summed E-state index contributed by atoms with van der Waals surface area (Å²) in [4.78, 5) is 12.9. The van der Waals surface area contributed by atoms with E-state index in [0.717, 1.165) is 22.4 Å². The first-order valence-corrected chi connectivity index (χ1v) is 8.18. The quantitative estimate of drug-likeness (QED) is 0.737. The van der Waals surface area contributed by atoms with Crippen LogP contribution in [-0.4, -0.2) is 10.5 Å². The average molecular weight is 318 g/mol. The van der Waals surface area contributed by atoms with Crippen LogP contribution >= 0.6 is 0 Å². The van der Waals surface area contributed by atoms with Crippen molar-refractivity contribution in [2.24, 2.45) is 0 Å². The van der Waals surface area contributed by atoms with Gasteiger partial charge in [0.1, 0.15) is 6.04 Å². The number of carbonyl (C=O) groups excluding carboxylic acids is 1. The summed E-state index contributed by atoms with van der Waals surface area (Å²) in [6.07, 6.45) is 4.54. The summed E-state index contributed by atoms with van der Waals surface area (Å²) in [5.41, 5.74) is 4.23. The lowest BCUT2D eigenvalue weighted by Gasteiger charge is -2.20. The summed E-state index contributed by atoms with van der Waals surface area (Å²) in [6, 6.07) is 19.8. The summed E-state index contributed by atoms with van der Waals surface area (Å²) in [5.74, 6) is 0.00348. The van der Waals surface area contributed by atoms with Gasteiger partial charge in [-0.1, -0.05) is 42.5 Å². The summed E-state index contributed by atoms with van der Waals surface area (Å²) < 4.78 is 1.97. The minimum atomic E-state index is -0.276. The number of benzene rings is 2. The van der Waals surface area contributed by atoms with Crippen molar-refractivity contribution in [2.45, 2.75) is 26.3 Å². The summed E-state index contributed by atoms with van der Waals surface area (Å²) in [5, 5.41) is 3.10. The zero-order valence-corrected chi connectivity index (χ0v) is 14.1. The van der Waals surface area contributed by atoms with Gasteiger partial charge in [0.05, 0.1) is 0 Å². The van der Waals surface area contributed by atoms with Gasteiger partial charge in [-0.2, -0.15) is 0 Å². The Hall–Kier alpha value is -2.81. The molecule has 3 aromatic rings. The number of hydrogen-bond donors (Lipinski definition) is 1. The molecule has 0 fully saturated rings. The van der Waals surface area contributed by atoms with Crippen LogP contribution in [0.4, 0.5) is 5.69 Å². The van der Waals surface area contributed by atoms with Gasteiger partial charge in [-0.25, -0.2) is 0 Å². The van der Waals surface area contributed by atoms with Crippen LogP contribution < -0.4 is 5.32 Å². The van der Waals surface area contributed by atoms with E-state index in [1.54, 1.807) is 0 Å². The van der Waals surface area contributed by atoms with Crippen molar-refractivity contribution in [3.8, 4) is 0 Å². The van der Waals surface area contributed by atoms with Gasteiger partial charge in [-0.3, -0.25) is 4.79 Å². The van der Waals surface area contributed by atoms with Gasteiger partial charge in [-0.15, -0.1) is 0 Å². The van der Waals surface area contributed by atoms with Crippen LogP contribution in [0.25, 0.3) is 0 Å². The molecule has 0 saturated carbocycles. The Morgan fingerprint density at radius 1 is 1.00 bits per heavy atom. The topological polar surface area (TPSA) is 34.0 Å². The Morgan fingerprint density at radius 2 is 1.71 bits per heavy atom. The molecule has 0 saturated heterocycles. The van der Waals surface area contributed by atoms with Crippen LogP contribution in [0.15, 0.2) is 73.1 Å². The molecule has 0 radical (unpaired) electrons. The Kier molecular flexibility index (Phi) is 4.80. The lowest BCUT2D eigenvalue weighted by Crippen LogP contribution is -2.27. The molecule has 1 amide bonds. The molecule has 0 bridgehead atoms. The first kappa shape index (κ1) is 16.1. The highest BCUT2D eigenvalue weighted by Crippen LogP contribution is 2.21. The van der Waals surface area contributed by atoms with E-state index in [-0.39, 0.29) is 11.9 Å². The first-order valence-electron chi connectivity index (χ1n) is 8.18. The third kappa shape index (κ3) is 3.74. The van der Waals surface area contributed by atoms with Gasteiger partial charge >= 0.3 is 0 Å².